The molecular weight excluding hydrogens is 286 g/mol. The fraction of sp³-hybridized carbons (Fsp3) is 0.188. The lowest BCUT2D eigenvalue weighted by Crippen LogP contribution is -2.18. The molecule has 0 unspecified atom stereocenters. The van der Waals surface area contributed by atoms with Crippen LogP contribution in [-0.2, 0) is 6.54 Å². The second-order valence-electron chi connectivity index (χ2n) is 5.08. The summed E-state index contributed by atoms with van der Waals surface area (Å²) >= 11 is 6.15. The van der Waals surface area contributed by atoms with Gasteiger partial charge in [0.1, 0.15) is 0 Å². The monoisotopic (exact) mass is 301 g/mol. The second kappa shape index (κ2) is 5.76. The van der Waals surface area contributed by atoms with Crippen LogP contribution in [-0.4, -0.2) is 9.97 Å². The molecule has 3 N–H and O–H groups in total. The predicted molar refractivity (Wildman–Crippen MR) is 85.6 cm³/mol. The van der Waals surface area contributed by atoms with Crippen molar-refractivity contribution in [3.8, 4) is 0 Å². The summed E-state index contributed by atoms with van der Waals surface area (Å²) in [7, 11) is 0. The molecule has 0 radical (unpaired) electrons. The lowest BCUT2D eigenvalue weighted by atomic mass is 10.1. The van der Waals surface area contributed by atoms with E-state index in [1.165, 1.54) is 0 Å². The molecule has 0 bridgehead atoms. The number of aromatic nitrogens is 2. The lowest BCUT2D eigenvalue weighted by molar-refractivity contribution is 0.575. The third-order valence-electron chi connectivity index (χ3n) is 3.60. The van der Waals surface area contributed by atoms with Crippen molar-refractivity contribution >= 4 is 22.6 Å². The standard InChI is InChI=1S/C16H16ClN3O/c1-10(18-9-12-4-2-3-5-13(12)17)11-6-7-14-15(8-11)20-16(21)19-14/h2-8,10,18H,9H2,1H3,(H2,19,20,21)/t10-/m1/s1. The van der Waals surface area contributed by atoms with Crippen molar-refractivity contribution in [2.75, 3.05) is 0 Å². The van der Waals surface area contributed by atoms with Crippen LogP contribution in [0.1, 0.15) is 24.1 Å². The van der Waals surface area contributed by atoms with Gasteiger partial charge in [-0.25, -0.2) is 4.79 Å². The molecule has 4 nitrogen and oxygen atoms in total. The third-order valence-corrected chi connectivity index (χ3v) is 3.97. The number of hydrogen-bond donors (Lipinski definition) is 3. The highest BCUT2D eigenvalue weighted by Gasteiger charge is 2.08. The smallest absolute Gasteiger partial charge is 0.306 e. The van der Waals surface area contributed by atoms with E-state index in [-0.39, 0.29) is 11.7 Å². The first-order chi connectivity index (χ1) is 10.1. The van der Waals surface area contributed by atoms with E-state index < -0.39 is 0 Å². The van der Waals surface area contributed by atoms with E-state index >= 15 is 0 Å². The summed E-state index contributed by atoms with van der Waals surface area (Å²) in [4.78, 5) is 16.8. The number of benzene rings is 2. The van der Waals surface area contributed by atoms with Gasteiger partial charge in [0.25, 0.3) is 0 Å². The molecule has 5 heteroatoms. The summed E-state index contributed by atoms with van der Waals surface area (Å²) in [6.07, 6.45) is 0. The van der Waals surface area contributed by atoms with E-state index in [4.69, 9.17) is 11.6 Å². The Bertz CT molecular complexity index is 822. The molecule has 0 spiro atoms. The number of halogens is 1. The van der Waals surface area contributed by atoms with Crippen LogP contribution in [0, 0.1) is 0 Å². The molecule has 108 valence electrons. The Balaban J connectivity index is 1.76. The molecular formula is C16H16ClN3O. The van der Waals surface area contributed by atoms with Gasteiger partial charge in [-0.2, -0.15) is 0 Å². The quantitative estimate of drug-likeness (QED) is 0.692. The summed E-state index contributed by atoms with van der Waals surface area (Å²) < 4.78 is 0. The van der Waals surface area contributed by atoms with E-state index in [1.54, 1.807) is 0 Å². The van der Waals surface area contributed by atoms with Crippen LogP contribution in [0.15, 0.2) is 47.3 Å². The number of nitrogens with one attached hydrogen (secondary N) is 3. The minimum atomic E-state index is -0.182. The van der Waals surface area contributed by atoms with Crippen molar-refractivity contribution in [2.45, 2.75) is 19.5 Å². The average Bonchev–Trinajstić information content (AvgIpc) is 2.85. The Hall–Kier alpha value is -2.04. The molecule has 0 fully saturated rings. The van der Waals surface area contributed by atoms with Crippen molar-refractivity contribution in [1.29, 1.82) is 0 Å². The Morgan fingerprint density at radius 2 is 1.90 bits per heavy atom. The molecule has 3 aromatic rings. The highest BCUT2D eigenvalue weighted by molar-refractivity contribution is 6.31. The van der Waals surface area contributed by atoms with Gasteiger partial charge < -0.3 is 15.3 Å². The van der Waals surface area contributed by atoms with Crippen molar-refractivity contribution in [2.24, 2.45) is 0 Å². The molecule has 0 amide bonds. The first-order valence-electron chi connectivity index (χ1n) is 6.82. The number of imidazole rings is 1. The Morgan fingerprint density at radius 1 is 1.14 bits per heavy atom. The molecule has 0 aliphatic carbocycles. The van der Waals surface area contributed by atoms with Crippen LogP contribution in [0.5, 0.6) is 0 Å². The van der Waals surface area contributed by atoms with Gasteiger partial charge >= 0.3 is 5.69 Å². The highest BCUT2D eigenvalue weighted by Crippen LogP contribution is 2.19. The zero-order chi connectivity index (χ0) is 14.8. The van der Waals surface area contributed by atoms with Crippen LogP contribution in [0.25, 0.3) is 11.0 Å². The summed E-state index contributed by atoms with van der Waals surface area (Å²) in [5.74, 6) is 0. The molecule has 3 rings (SSSR count). The summed E-state index contributed by atoms with van der Waals surface area (Å²) in [5.41, 5.74) is 3.65. The average molecular weight is 302 g/mol. The van der Waals surface area contributed by atoms with Crippen LogP contribution in [0.4, 0.5) is 0 Å². The van der Waals surface area contributed by atoms with Crippen LogP contribution >= 0.6 is 11.6 Å². The van der Waals surface area contributed by atoms with E-state index in [9.17, 15) is 4.79 Å². The number of H-pyrrole nitrogens is 2. The van der Waals surface area contributed by atoms with Crippen molar-refractivity contribution in [3.05, 3.63) is 69.1 Å². The summed E-state index contributed by atoms with van der Waals surface area (Å²) in [6.45, 7) is 2.78. The first-order valence-corrected chi connectivity index (χ1v) is 7.20. The largest absolute Gasteiger partial charge is 0.323 e. The number of rotatable bonds is 4. The van der Waals surface area contributed by atoms with Crippen molar-refractivity contribution in [1.82, 2.24) is 15.3 Å². The number of fused-ring (bicyclic) bond motifs is 1. The van der Waals surface area contributed by atoms with E-state index in [0.717, 1.165) is 27.2 Å². The lowest BCUT2D eigenvalue weighted by Gasteiger charge is -2.15. The minimum absolute atomic E-state index is 0.157. The first kappa shape index (κ1) is 13.9. The zero-order valence-corrected chi connectivity index (χ0v) is 12.4. The predicted octanol–water partition coefficient (Wildman–Crippen LogP) is 3.36. The molecule has 0 aliphatic rings. The van der Waals surface area contributed by atoms with Gasteiger partial charge in [-0.15, -0.1) is 0 Å². The number of hydrogen-bond acceptors (Lipinski definition) is 2. The van der Waals surface area contributed by atoms with Crippen molar-refractivity contribution in [3.63, 3.8) is 0 Å². The van der Waals surface area contributed by atoms with E-state index in [0.29, 0.717) is 6.54 Å². The molecule has 0 saturated heterocycles. The third kappa shape index (κ3) is 3.01. The topological polar surface area (TPSA) is 60.7 Å². The maximum atomic E-state index is 11.3. The molecule has 0 saturated carbocycles. The maximum Gasteiger partial charge on any atom is 0.323 e. The maximum absolute atomic E-state index is 11.3. The summed E-state index contributed by atoms with van der Waals surface area (Å²) in [6, 6.07) is 13.9. The summed E-state index contributed by atoms with van der Waals surface area (Å²) in [5, 5.41) is 4.21. The molecule has 1 aromatic heterocycles. The normalized spacial score (nSPS) is 12.7. The van der Waals surface area contributed by atoms with Gasteiger partial charge in [0.2, 0.25) is 0 Å². The molecule has 2 aromatic carbocycles. The fourth-order valence-corrected chi connectivity index (χ4v) is 2.54. The molecule has 21 heavy (non-hydrogen) atoms. The second-order valence-corrected chi connectivity index (χ2v) is 5.49. The van der Waals surface area contributed by atoms with Gasteiger partial charge in [0, 0.05) is 17.6 Å². The molecule has 0 aliphatic heterocycles. The van der Waals surface area contributed by atoms with Crippen LogP contribution in [0.2, 0.25) is 5.02 Å². The van der Waals surface area contributed by atoms with Crippen LogP contribution < -0.4 is 11.0 Å². The fourth-order valence-electron chi connectivity index (χ4n) is 2.34. The van der Waals surface area contributed by atoms with Gasteiger partial charge in [0.05, 0.1) is 11.0 Å². The zero-order valence-electron chi connectivity index (χ0n) is 11.6. The molecule has 1 atom stereocenters. The number of aromatic amines is 2. The Labute approximate surface area is 127 Å². The van der Waals surface area contributed by atoms with Gasteiger partial charge in [-0.3, -0.25) is 0 Å². The SMILES string of the molecule is C[C@@H](NCc1ccccc1Cl)c1ccc2[nH]c(=O)[nH]c2c1. The minimum Gasteiger partial charge on any atom is -0.306 e. The molecule has 1 heterocycles. The van der Waals surface area contributed by atoms with Gasteiger partial charge in [-0.05, 0) is 36.2 Å². The van der Waals surface area contributed by atoms with E-state index in [2.05, 4.69) is 22.2 Å². The Morgan fingerprint density at radius 3 is 2.71 bits per heavy atom. The van der Waals surface area contributed by atoms with E-state index in [1.807, 2.05) is 42.5 Å². The van der Waals surface area contributed by atoms with Gasteiger partial charge in [-0.1, -0.05) is 35.9 Å². The Kier molecular flexibility index (Phi) is 3.82. The van der Waals surface area contributed by atoms with Crippen molar-refractivity contribution < 1.29 is 0 Å². The van der Waals surface area contributed by atoms with Gasteiger partial charge in [0.15, 0.2) is 0 Å². The van der Waals surface area contributed by atoms with Crippen LogP contribution in [0.3, 0.4) is 0 Å². The highest BCUT2D eigenvalue weighted by atomic mass is 35.5.